The van der Waals surface area contributed by atoms with Crippen molar-refractivity contribution in [2.75, 3.05) is 32.8 Å². The molecule has 2 amide bonds. The second kappa shape index (κ2) is 9.30. The van der Waals surface area contributed by atoms with Gasteiger partial charge in [0.05, 0.1) is 29.8 Å². The number of thioether (sulfide) groups is 1. The minimum atomic E-state index is -0.677. The summed E-state index contributed by atoms with van der Waals surface area (Å²) in [5, 5.41) is 9.64. The zero-order valence-corrected chi connectivity index (χ0v) is 19.0. The van der Waals surface area contributed by atoms with Crippen LogP contribution in [-0.2, 0) is 19.1 Å². The van der Waals surface area contributed by atoms with E-state index in [0.717, 1.165) is 19.3 Å². The van der Waals surface area contributed by atoms with Crippen LogP contribution >= 0.6 is 11.8 Å². The van der Waals surface area contributed by atoms with E-state index in [1.807, 2.05) is 0 Å². The summed E-state index contributed by atoms with van der Waals surface area (Å²) in [7, 11) is 0. The molecule has 2 bridgehead atoms. The van der Waals surface area contributed by atoms with E-state index in [2.05, 4.69) is 20.4 Å². The molecule has 3 heterocycles. The molecule has 3 fully saturated rings. The van der Waals surface area contributed by atoms with E-state index < -0.39 is 22.6 Å². The molecule has 0 aliphatic carbocycles. The number of carbonyl (C=O) groups is 3. The third kappa shape index (κ3) is 3.45. The Morgan fingerprint density at radius 2 is 2.17 bits per heavy atom. The van der Waals surface area contributed by atoms with Gasteiger partial charge in [-0.2, -0.15) is 0 Å². The van der Waals surface area contributed by atoms with Crippen molar-refractivity contribution in [3.63, 3.8) is 0 Å². The fourth-order valence-electron chi connectivity index (χ4n) is 5.62. The molecule has 0 radical (unpaired) electrons. The van der Waals surface area contributed by atoms with Gasteiger partial charge in [-0.1, -0.05) is 26.3 Å². The van der Waals surface area contributed by atoms with Gasteiger partial charge in [-0.25, -0.2) is 0 Å². The number of amides is 2. The van der Waals surface area contributed by atoms with Crippen molar-refractivity contribution in [3.8, 4) is 0 Å². The first-order valence-corrected chi connectivity index (χ1v) is 11.9. The van der Waals surface area contributed by atoms with Gasteiger partial charge in [0, 0.05) is 24.9 Å². The maximum Gasteiger partial charge on any atom is 0.310 e. The van der Waals surface area contributed by atoms with Crippen molar-refractivity contribution in [1.82, 2.24) is 9.80 Å². The van der Waals surface area contributed by atoms with E-state index >= 15 is 0 Å². The Balaban J connectivity index is 2.03. The van der Waals surface area contributed by atoms with Gasteiger partial charge in [0.25, 0.3) is 0 Å². The zero-order valence-electron chi connectivity index (χ0n) is 18.2. The van der Waals surface area contributed by atoms with Crippen molar-refractivity contribution >= 4 is 29.5 Å². The monoisotopic (exact) mass is 438 g/mol. The molecular weight excluding hydrogens is 404 g/mol. The average Bonchev–Trinajstić information content (AvgIpc) is 3.30. The van der Waals surface area contributed by atoms with Crippen molar-refractivity contribution in [2.45, 2.75) is 56.1 Å². The third-order valence-corrected chi connectivity index (χ3v) is 8.90. The predicted molar refractivity (Wildman–Crippen MR) is 116 cm³/mol. The van der Waals surface area contributed by atoms with Gasteiger partial charge in [0.15, 0.2) is 0 Å². The number of esters is 1. The lowest BCUT2D eigenvalue weighted by Crippen LogP contribution is -2.57. The number of ether oxygens (including phenoxy) is 1. The Kier molecular flexibility index (Phi) is 7.17. The molecule has 0 saturated carbocycles. The van der Waals surface area contributed by atoms with Crippen LogP contribution in [0.2, 0.25) is 0 Å². The molecule has 0 aromatic rings. The molecule has 30 heavy (non-hydrogen) atoms. The molecule has 8 heteroatoms. The number of carbonyl (C=O) groups excluding carboxylic acids is 3. The van der Waals surface area contributed by atoms with Crippen molar-refractivity contribution in [3.05, 3.63) is 12.7 Å². The first-order valence-electron chi connectivity index (χ1n) is 11.0. The molecular formula is C22H34N2O5S. The first-order chi connectivity index (χ1) is 14.4. The molecule has 0 aromatic heterocycles. The fraction of sp³-hybridized carbons (Fsp3) is 0.773. The molecule has 1 N–H and O–H groups in total. The van der Waals surface area contributed by atoms with Gasteiger partial charge < -0.3 is 19.6 Å². The lowest BCUT2D eigenvalue weighted by atomic mass is 9.66. The number of rotatable bonds is 10. The van der Waals surface area contributed by atoms with Crippen LogP contribution in [0.3, 0.4) is 0 Å². The lowest BCUT2D eigenvalue weighted by molar-refractivity contribution is -0.154. The Labute approximate surface area is 183 Å². The molecule has 1 spiro atoms. The summed E-state index contributed by atoms with van der Waals surface area (Å²) in [5.41, 5.74) is 0. The van der Waals surface area contributed by atoms with Crippen molar-refractivity contribution < 1.29 is 24.2 Å². The van der Waals surface area contributed by atoms with E-state index in [-0.39, 0.29) is 48.7 Å². The maximum absolute atomic E-state index is 13.8. The summed E-state index contributed by atoms with van der Waals surface area (Å²) < 4.78 is 4.66. The number of unbranched alkanes of at least 4 members (excludes halogenated alkanes) is 1. The summed E-state index contributed by atoms with van der Waals surface area (Å²) in [6, 6.07) is -0.677. The summed E-state index contributed by atoms with van der Waals surface area (Å²) in [6.07, 6.45) is 4.31. The number of fused-ring (bicyclic) bond motifs is 1. The number of likely N-dealkylation sites (tertiary alicyclic amines) is 1. The fourth-order valence-corrected chi connectivity index (χ4v) is 8.03. The van der Waals surface area contributed by atoms with Crippen LogP contribution in [0.25, 0.3) is 0 Å². The van der Waals surface area contributed by atoms with Crippen LogP contribution in [0.1, 0.15) is 40.0 Å². The normalized spacial score (nSPS) is 34.2. The van der Waals surface area contributed by atoms with Gasteiger partial charge >= 0.3 is 5.97 Å². The number of aliphatic hydroxyl groups excluding tert-OH is 1. The van der Waals surface area contributed by atoms with Crippen LogP contribution < -0.4 is 0 Å². The topological polar surface area (TPSA) is 87.2 Å². The Morgan fingerprint density at radius 3 is 2.77 bits per heavy atom. The first kappa shape index (κ1) is 23.1. The molecule has 6 atom stereocenters. The van der Waals surface area contributed by atoms with E-state index in [1.165, 1.54) is 4.90 Å². The van der Waals surface area contributed by atoms with Crippen LogP contribution in [0, 0.1) is 17.8 Å². The van der Waals surface area contributed by atoms with Crippen LogP contribution in [0.5, 0.6) is 0 Å². The minimum Gasteiger partial charge on any atom is -0.466 e. The van der Waals surface area contributed by atoms with Gasteiger partial charge in [-0.3, -0.25) is 14.4 Å². The van der Waals surface area contributed by atoms with Gasteiger partial charge in [-0.05, 0) is 25.7 Å². The van der Waals surface area contributed by atoms with Gasteiger partial charge in [0.2, 0.25) is 11.8 Å². The molecule has 3 unspecified atom stereocenters. The molecule has 0 aromatic carbocycles. The van der Waals surface area contributed by atoms with Crippen LogP contribution in [-0.4, -0.2) is 81.6 Å². The van der Waals surface area contributed by atoms with E-state index in [9.17, 15) is 19.5 Å². The highest BCUT2D eigenvalue weighted by Crippen LogP contribution is 2.68. The van der Waals surface area contributed by atoms with Crippen molar-refractivity contribution in [1.29, 1.82) is 0 Å². The molecule has 7 nitrogen and oxygen atoms in total. The highest BCUT2D eigenvalue weighted by atomic mass is 32.2. The third-order valence-electron chi connectivity index (χ3n) is 6.82. The lowest BCUT2D eigenvalue weighted by Gasteiger charge is -2.40. The standard InChI is InChI=1S/C22H34N2O5S/c1-5-8-10-23(9-6-2)20(27)18-22-14(4)13-15(30-22)16(21(28)29-7-3)17(22)19(26)24(18)11-12-25/h6,14-18,25H,2,5,7-13H2,1,3-4H3/t14?,15-,16+,17+,18?,22?/m1/s1. The smallest absolute Gasteiger partial charge is 0.310 e. The van der Waals surface area contributed by atoms with E-state index in [0.29, 0.717) is 13.1 Å². The average molecular weight is 439 g/mol. The number of β-amino-alcohol motifs (C(OH)–C–C–N with tert-alkyl or cyclic N) is 1. The highest BCUT2D eigenvalue weighted by Gasteiger charge is 2.76. The summed E-state index contributed by atoms with van der Waals surface area (Å²) in [4.78, 5) is 43.4. The minimum absolute atomic E-state index is 0.0110. The Morgan fingerprint density at radius 1 is 1.43 bits per heavy atom. The SMILES string of the molecule is C=CCN(CCCC)C(=O)C1N(CCO)C(=O)[C@@H]2[C@@H](C(=O)OCC)[C@H]3CC(C)C12S3. The van der Waals surface area contributed by atoms with Crippen molar-refractivity contribution in [2.24, 2.45) is 17.8 Å². The van der Waals surface area contributed by atoms with E-state index in [1.54, 1.807) is 29.7 Å². The second-order valence-electron chi connectivity index (χ2n) is 8.49. The Hall–Kier alpha value is -1.54. The van der Waals surface area contributed by atoms with Gasteiger partial charge in [0.1, 0.15) is 6.04 Å². The largest absolute Gasteiger partial charge is 0.466 e. The summed E-state index contributed by atoms with van der Waals surface area (Å²) in [5.74, 6) is -1.63. The summed E-state index contributed by atoms with van der Waals surface area (Å²) >= 11 is 1.63. The van der Waals surface area contributed by atoms with E-state index in [4.69, 9.17) is 4.74 Å². The highest BCUT2D eigenvalue weighted by molar-refractivity contribution is 8.02. The van der Waals surface area contributed by atoms with Crippen LogP contribution in [0.15, 0.2) is 12.7 Å². The predicted octanol–water partition coefficient (Wildman–Crippen LogP) is 1.69. The molecule has 3 rings (SSSR count). The molecule has 3 aliphatic heterocycles. The number of aliphatic hydroxyl groups is 1. The number of hydrogen-bond acceptors (Lipinski definition) is 6. The molecule has 3 saturated heterocycles. The maximum atomic E-state index is 13.8. The quantitative estimate of drug-likeness (QED) is 0.413. The second-order valence-corrected chi connectivity index (χ2v) is 10.0. The Bertz CT molecular complexity index is 701. The number of nitrogens with zero attached hydrogens (tertiary/aromatic N) is 2. The van der Waals surface area contributed by atoms with Crippen LogP contribution in [0.4, 0.5) is 0 Å². The molecule has 168 valence electrons. The van der Waals surface area contributed by atoms with Gasteiger partial charge in [-0.15, -0.1) is 18.3 Å². The number of hydrogen-bond donors (Lipinski definition) is 1. The molecule has 3 aliphatic rings. The zero-order chi connectivity index (χ0) is 22.1. The summed E-state index contributed by atoms with van der Waals surface area (Å²) in [6.45, 7) is 10.9.